The van der Waals surface area contributed by atoms with E-state index in [-0.39, 0.29) is 24.9 Å². The lowest BCUT2D eigenvalue weighted by Crippen LogP contribution is -2.41. The van der Waals surface area contributed by atoms with E-state index < -0.39 is 48.1 Å². The van der Waals surface area contributed by atoms with Crippen LogP contribution in [0.15, 0.2) is 30.5 Å². The first-order valence-electron chi connectivity index (χ1n) is 12.0. The first-order valence-corrected chi connectivity index (χ1v) is 12.0. The monoisotopic (exact) mass is 552 g/mol. The second-order valence-electron chi connectivity index (χ2n) is 8.99. The third-order valence-corrected chi connectivity index (χ3v) is 6.25. The molecule has 1 unspecified atom stereocenters. The minimum absolute atomic E-state index is 0.194. The molecule has 0 spiro atoms. The normalized spacial score (nSPS) is 15.2. The number of ether oxygens (including phenoxy) is 1. The Labute approximate surface area is 220 Å². The SMILES string of the molecule is Cc1nc(C)c(C(O)COc2ccnc(C(F)(F)F)n2)c(C2CCN(C(=O)Nc3c(F)cccc3F)CC2)n1. The van der Waals surface area contributed by atoms with Crippen LogP contribution in [0.4, 0.5) is 32.4 Å². The Bertz CT molecular complexity index is 1330. The van der Waals surface area contributed by atoms with Crippen LogP contribution in [-0.4, -0.2) is 55.7 Å². The third-order valence-electron chi connectivity index (χ3n) is 6.25. The Morgan fingerprint density at radius 3 is 2.44 bits per heavy atom. The minimum atomic E-state index is -4.75. The van der Waals surface area contributed by atoms with Crippen LogP contribution in [0.1, 0.15) is 53.5 Å². The van der Waals surface area contributed by atoms with Gasteiger partial charge in [0.15, 0.2) is 0 Å². The fraction of sp³-hybridized carbons (Fsp3) is 0.400. The Kier molecular flexibility index (Phi) is 8.23. The lowest BCUT2D eigenvalue weighted by atomic mass is 9.88. The number of piperidine rings is 1. The number of para-hydroxylation sites is 1. The number of halogens is 5. The smallest absolute Gasteiger partial charge is 0.451 e. The Morgan fingerprint density at radius 1 is 1.13 bits per heavy atom. The van der Waals surface area contributed by atoms with E-state index in [4.69, 9.17) is 4.74 Å². The quantitative estimate of drug-likeness (QED) is 0.426. The Balaban J connectivity index is 1.45. The number of aliphatic hydroxyl groups excluding tert-OH is 1. The van der Waals surface area contributed by atoms with Crippen molar-refractivity contribution in [2.45, 2.75) is 44.9 Å². The summed E-state index contributed by atoms with van der Waals surface area (Å²) in [5.41, 5.74) is 0.864. The molecule has 14 heteroatoms. The number of hydrogen-bond donors (Lipinski definition) is 2. The van der Waals surface area contributed by atoms with Crippen molar-refractivity contribution in [2.75, 3.05) is 25.0 Å². The summed E-state index contributed by atoms with van der Waals surface area (Å²) in [5, 5.41) is 13.2. The third kappa shape index (κ3) is 6.56. The van der Waals surface area contributed by atoms with E-state index in [0.29, 0.717) is 35.6 Å². The number of rotatable bonds is 6. The molecule has 2 aromatic heterocycles. The number of urea groups is 1. The largest absolute Gasteiger partial charge is 0.474 e. The molecule has 3 heterocycles. The van der Waals surface area contributed by atoms with Crippen molar-refractivity contribution in [1.29, 1.82) is 0 Å². The molecule has 0 radical (unpaired) electrons. The van der Waals surface area contributed by atoms with E-state index in [9.17, 15) is 31.9 Å². The summed E-state index contributed by atoms with van der Waals surface area (Å²) < 4.78 is 71.9. The van der Waals surface area contributed by atoms with Gasteiger partial charge >= 0.3 is 12.2 Å². The van der Waals surface area contributed by atoms with Gasteiger partial charge in [0.25, 0.3) is 0 Å². The predicted octanol–water partition coefficient (Wildman–Crippen LogP) is 4.70. The Morgan fingerprint density at radius 2 is 1.79 bits per heavy atom. The molecule has 0 aliphatic carbocycles. The molecule has 1 atom stereocenters. The van der Waals surface area contributed by atoms with Crippen LogP contribution >= 0.6 is 0 Å². The summed E-state index contributed by atoms with van der Waals surface area (Å²) in [6, 6.07) is 3.78. The van der Waals surface area contributed by atoms with Gasteiger partial charge in [-0.2, -0.15) is 18.2 Å². The van der Waals surface area contributed by atoms with Crippen LogP contribution in [0.2, 0.25) is 0 Å². The number of carbonyl (C=O) groups excluding carboxylic acids is 1. The molecule has 1 saturated heterocycles. The fourth-order valence-electron chi connectivity index (χ4n) is 4.44. The number of aryl methyl sites for hydroxylation is 2. The highest BCUT2D eigenvalue weighted by molar-refractivity contribution is 5.89. The number of likely N-dealkylation sites (tertiary alicyclic amines) is 1. The van der Waals surface area contributed by atoms with Gasteiger partial charge in [0.2, 0.25) is 11.7 Å². The number of nitrogens with zero attached hydrogens (tertiary/aromatic N) is 5. The van der Waals surface area contributed by atoms with Crippen molar-refractivity contribution >= 4 is 11.7 Å². The predicted molar refractivity (Wildman–Crippen MR) is 128 cm³/mol. The zero-order valence-corrected chi connectivity index (χ0v) is 21.0. The average Bonchev–Trinajstić information content (AvgIpc) is 2.88. The maximum Gasteiger partial charge on any atom is 0.451 e. The van der Waals surface area contributed by atoms with Gasteiger partial charge in [-0.1, -0.05) is 6.07 Å². The maximum atomic E-state index is 13.9. The molecule has 3 aromatic rings. The van der Waals surface area contributed by atoms with Gasteiger partial charge in [-0.05, 0) is 38.8 Å². The first-order chi connectivity index (χ1) is 18.4. The Hall–Kier alpha value is -3.94. The molecule has 0 bridgehead atoms. The van der Waals surface area contributed by atoms with Crippen molar-refractivity contribution in [3.8, 4) is 5.88 Å². The van der Waals surface area contributed by atoms with Crippen LogP contribution in [0.5, 0.6) is 5.88 Å². The molecule has 1 aliphatic rings. The van der Waals surface area contributed by atoms with Crippen LogP contribution in [0.3, 0.4) is 0 Å². The molecule has 0 saturated carbocycles. The number of anilines is 1. The fourth-order valence-corrected chi connectivity index (χ4v) is 4.44. The number of aliphatic hydroxyl groups is 1. The van der Waals surface area contributed by atoms with E-state index >= 15 is 0 Å². The van der Waals surface area contributed by atoms with Gasteiger partial charge in [0, 0.05) is 42.5 Å². The van der Waals surface area contributed by atoms with Crippen LogP contribution in [0, 0.1) is 25.5 Å². The number of benzene rings is 1. The van der Waals surface area contributed by atoms with Crippen molar-refractivity contribution in [2.24, 2.45) is 0 Å². The average molecular weight is 553 g/mol. The molecular weight excluding hydrogens is 527 g/mol. The van der Waals surface area contributed by atoms with Gasteiger partial charge in [0.1, 0.15) is 35.9 Å². The summed E-state index contributed by atoms with van der Waals surface area (Å²) >= 11 is 0. The highest BCUT2D eigenvalue weighted by Gasteiger charge is 2.35. The molecule has 208 valence electrons. The minimum Gasteiger partial charge on any atom is -0.474 e. The highest BCUT2D eigenvalue weighted by Crippen LogP contribution is 2.34. The molecule has 4 rings (SSSR count). The van der Waals surface area contributed by atoms with Crippen LogP contribution in [-0.2, 0) is 6.18 Å². The van der Waals surface area contributed by atoms with E-state index in [0.717, 1.165) is 24.4 Å². The van der Waals surface area contributed by atoms with Gasteiger partial charge < -0.3 is 20.1 Å². The van der Waals surface area contributed by atoms with Gasteiger partial charge in [-0.3, -0.25) is 0 Å². The zero-order valence-electron chi connectivity index (χ0n) is 21.0. The summed E-state index contributed by atoms with van der Waals surface area (Å²) in [6.45, 7) is 3.46. The summed E-state index contributed by atoms with van der Waals surface area (Å²) in [4.78, 5) is 29.4. The zero-order chi connectivity index (χ0) is 28.3. The molecule has 9 nitrogen and oxygen atoms in total. The van der Waals surface area contributed by atoms with E-state index in [1.165, 1.54) is 11.0 Å². The molecule has 2 N–H and O–H groups in total. The summed E-state index contributed by atoms with van der Waals surface area (Å²) in [7, 11) is 0. The van der Waals surface area contributed by atoms with Crippen molar-refractivity contribution < 1.29 is 36.6 Å². The lowest BCUT2D eigenvalue weighted by Gasteiger charge is -2.33. The van der Waals surface area contributed by atoms with Crippen LogP contribution < -0.4 is 10.1 Å². The lowest BCUT2D eigenvalue weighted by molar-refractivity contribution is -0.145. The van der Waals surface area contributed by atoms with Crippen molar-refractivity contribution in [3.05, 3.63) is 70.7 Å². The van der Waals surface area contributed by atoms with E-state index in [1.54, 1.807) is 13.8 Å². The van der Waals surface area contributed by atoms with Crippen LogP contribution in [0.25, 0.3) is 0 Å². The molecule has 39 heavy (non-hydrogen) atoms. The van der Waals surface area contributed by atoms with Crippen molar-refractivity contribution in [3.63, 3.8) is 0 Å². The molecule has 2 amide bonds. The number of aromatic nitrogens is 4. The van der Waals surface area contributed by atoms with Gasteiger partial charge in [0.05, 0.1) is 5.69 Å². The summed E-state index contributed by atoms with van der Waals surface area (Å²) in [5.74, 6) is -3.22. The maximum absolute atomic E-state index is 13.9. The summed E-state index contributed by atoms with van der Waals surface area (Å²) in [6.07, 6.45) is -4.25. The standard InChI is InChI=1S/C25H25F5N6O3/c1-13-20(18(37)12-39-19-6-9-31-23(34-19)25(28,29)30)21(33-14(2)32-13)15-7-10-36(11-8-15)24(38)35-22-16(26)4-3-5-17(22)27/h3-6,9,15,18,37H,7-8,10-12H2,1-2H3,(H,35,38). The van der Waals surface area contributed by atoms with Crippen molar-refractivity contribution in [1.82, 2.24) is 24.8 Å². The second kappa shape index (κ2) is 11.4. The van der Waals surface area contributed by atoms with Gasteiger partial charge in [-0.25, -0.2) is 28.5 Å². The number of hydrogen-bond acceptors (Lipinski definition) is 7. The number of amides is 2. The molecule has 1 aliphatic heterocycles. The topological polar surface area (TPSA) is 113 Å². The van der Waals surface area contributed by atoms with Gasteiger partial charge in [-0.15, -0.1) is 0 Å². The number of nitrogens with one attached hydrogen (secondary N) is 1. The van der Waals surface area contributed by atoms with E-state index in [1.807, 2.05) is 0 Å². The molecule has 1 aromatic carbocycles. The molecular formula is C25H25F5N6O3. The first kappa shape index (κ1) is 28.1. The molecule has 1 fully saturated rings. The number of carbonyl (C=O) groups is 1. The second-order valence-corrected chi connectivity index (χ2v) is 8.99. The van der Waals surface area contributed by atoms with E-state index in [2.05, 4.69) is 25.3 Å². The highest BCUT2D eigenvalue weighted by atomic mass is 19.4. The number of alkyl halides is 3.